The van der Waals surface area contributed by atoms with E-state index in [4.69, 9.17) is 0 Å². The Bertz CT molecular complexity index is 315. The molecule has 2 nitrogen and oxygen atoms in total. The van der Waals surface area contributed by atoms with Crippen LogP contribution in [0.15, 0.2) is 0 Å². The molecule has 0 aliphatic carbocycles. The second-order valence-electron chi connectivity index (χ2n) is 7.26. The third-order valence-corrected chi connectivity index (χ3v) is 6.68. The van der Waals surface area contributed by atoms with E-state index < -0.39 is 0 Å². The first-order valence-electron chi connectivity index (χ1n) is 8.04. The van der Waals surface area contributed by atoms with Gasteiger partial charge in [-0.2, -0.15) is 0 Å². The highest BCUT2D eigenvalue weighted by molar-refractivity contribution is 5.11. The highest BCUT2D eigenvalue weighted by Gasteiger charge is 2.47. The lowest BCUT2D eigenvalue weighted by molar-refractivity contribution is 0.0696. The summed E-state index contributed by atoms with van der Waals surface area (Å²) in [6.07, 6.45) is 11.7. The molecule has 4 rings (SSSR count). The van der Waals surface area contributed by atoms with E-state index in [1.54, 1.807) is 0 Å². The highest BCUT2D eigenvalue weighted by Crippen LogP contribution is 2.51. The number of hydrogen-bond donors (Lipinski definition) is 0. The SMILES string of the molecule is CN1[C]2CCC1CCC2C1CC2CCC(C1)N2C. The van der Waals surface area contributed by atoms with E-state index in [1.165, 1.54) is 51.4 Å². The van der Waals surface area contributed by atoms with Crippen molar-refractivity contribution in [3.05, 3.63) is 6.04 Å². The maximum Gasteiger partial charge on any atom is 0.0427 e. The minimum absolute atomic E-state index is 0.902. The molecular formula is C16H27N2. The molecule has 0 amide bonds. The van der Waals surface area contributed by atoms with Gasteiger partial charge < -0.3 is 4.90 Å². The van der Waals surface area contributed by atoms with Crippen LogP contribution in [-0.2, 0) is 0 Å². The Balaban J connectivity index is 1.51. The highest BCUT2D eigenvalue weighted by atomic mass is 15.2. The lowest BCUT2D eigenvalue weighted by atomic mass is 9.74. The van der Waals surface area contributed by atoms with Gasteiger partial charge in [0.25, 0.3) is 0 Å². The average Bonchev–Trinajstić information content (AvgIpc) is 2.77. The minimum Gasteiger partial charge on any atom is -0.300 e. The van der Waals surface area contributed by atoms with Crippen LogP contribution in [0.25, 0.3) is 0 Å². The summed E-state index contributed by atoms with van der Waals surface area (Å²) in [4.78, 5) is 5.35. The van der Waals surface area contributed by atoms with Gasteiger partial charge in [-0.25, -0.2) is 0 Å². The molecule has 1 radical (unpaired) electrons. The van der Waals surface area contributed by atoms with E-state index in [0.29, 0.717) is 0 Å². The molecular weight excluding hydrogens is 220 g/mol. The summed E-state index contributed by atoms with van der Waals surface area (Å²) in [6, 6.07) is 4.57. The number of hydrogen-bond acceptors (Lipinski definition) is 2. The summed E-state index contributed by atoms with van der Waals surface area (Å²) in [7, 11) is 4.73. The standard InChI is InChI=1S/C16H27N2/c1-17-13-3-4-14(17)10-11(9-13)15-7-5-12-6-8-16(15)18(12)2/h11-15H,3-10H2,1-2H3. The third kappa shape index (κ3) is 1.61. The topological polar surface area (TPSA) is 6.48 Å². The van der Waals surface area contributed by atoms with Crippen LogP contribution in [0.2, 0.25) is 0 Å². The van der Waals surface area contributed by atoms with Gasteiger partial charge >= 0.3 is 0 Å². The Kier molecular flexibility index (Phi) is 2.74. The van der Waals surface area contributed by atoms with Crippen molar-refractivity contribution in [3.63, 3.8) is 0 Å². The fourth-order valence-electron chi connectivity index (χ4n) is 5.53. The molecule has 0 aromatic rings. The molecule has 4 bridgehead atoms. The summed E-state index contributed by atoms with van der Waals surface area (Å²) >= 11 is 0. The van der Waals surface area contributed by atoms with Crippen molar-refractivity contribution in [2.75, 3.05) is 14.1 Å². The van der Waals surface area contributed by atoms with Gasteiger partial charge in [0.05, 0.1) is 0 Å². The summed E-state index contributed by atoms with van der Waals surface area (Å²) in [5.41, 5.74) is 0. The first-order chi connectivity index (χ1) is 8.74. The number of piperidine rings is 2. The van der Waals surface area contributed by atoms with Crippen molar-refractivity contribution >= 4 is 0 Å². The Morgan fingerprint density at radius 1 is 0.833 bits per heavy atom. The normalized spacial score (nSPS) is 50.0. The minimum atomic E-state index is 0.902. The van der Waals surface area contributed by atoms with Gasteiger partial charge in [-0.1, -0.05) is 0 Å². The molecule has 4 fully saturated rings. The zero-order valence-electron chi connectivity index (χ0n) is 11.9. The van der Waals surface area contributed by atoms with Crippen molar-refractivity contribution in [1.82, 2.24) is 9.80 Å². The molecule has 4 aliphatic rings. The van der Waals surface area contributed by atoms with E-state index in [2.05, 4.69) is 23.9 Å². The van der Waals surface area contributed by atoms with Crippen LogP contribution in [0.4, 0.5) is 0 Å². The van der Waals surface area contributed by atoms with Gasteiger partial charge in [-0.3, -0.25) is 4.90 Å². The summed E-state index contributed by atoms with van der Waals surface area (Å²) in [5.74, 6) is 1.96. The molecule has 0 N–H and O–H groups in total. The van der Waals surface area contributed by atoms with Gasteiger partial charge in [-0.05, 0) is 77.3 Å². The second-order valence-corrected chi connectivity index (χ2v) is 7.26. The van der Waals surface area contributed by atoms with E-state index in [-0.39, 0.29) is 0 Å². The van der Waals surface area contributed by atoms with Gasteiger partial charge in [0, 0.05) is 24.2 Å². The lowest BCUT2D eigenvalue weighted by Gasteiger charge is -2.45. The van der Waals surface area contributed by atoms with Crippen LogP contribution in [0.5, 0.6) is 0 Å². The molecule has 2 heteroatoms. The van der Waals surface area contributed by atoms with Crippen molar-refractivity contribution in [2.24, 2.45) is 11.8 Å². The third-order valence-electron chi connectivity index (χ3n) is 6.68. The Hall–Kier alpha value is -0.0800. The van der Waals surface area contributed by atoms with E-state index >= 15 is 0 Å². The number of nitrogens with zero attached hydrogens (tertiary/aromatic N) is 2. The molecule has 0 saturated carbocycles. The van der Waals surface area contributed by atoms with E-state index in [9.17, 15) is 0 Å². The summed E-state index contributed by atoms with van der Waals surface area (Å²) < 4.78 is 0. The van der Waals surface area contributed by atoms with Crippen molar-refractivity contribution in [1.29, 1.82) is 0 Å². The predicted molar refractivity (Wildman–Crippen MR) is 74.0 cm³/mol. The number of fused-ring (bicyclic) bond motifs is 4. The quantitative estimate of drug-likeness (QED) is 0.703. The molecule has 4 aliphatic heterocycles. The Morgan fingerprint density at radius 3 is 2.22 bits per heavy atom. The van der Waals surface area contributed by atoms with Crippen molar-refractivity contribution in [3.8, 4) is 0 Å². The molecule has 101 valence electrons. The Labute approximate surface area is 112 Å². The molecule has 0 spiro atoms. The van der Waals surface area contributed by atoms with Crippen molar-refractivity contribution in [2.45, 2.75) is 69.5 Å². The predicted octanol–water partition coefficient (Wildman–Crippen LogP) is 2.90. The number of rotatable bonds is 1. The summed E-state index contributed by atoms with van der Waals surface area (Å²) in [5, 5.41) is 0. The van der Waals surface area contributed by atoms with Crippen LogP contribution in [0.1, 0.15) is 51.4 Å². The van der Waals surface area contributed by atoms with Gasteiger partial charge in [0.2, 0.25) is 0 Å². The molecule has 0 aromatic heterocycles. The van der Waals surface area contributed by atoms with Crippen LogP contribution >= 0.6 is 0 Å². The zero-order chi connectivity index (χ0) is 12.3. The van der Waals surface area contributed by atoms with Gasteiger partial charge in [0.15, 0.2) is 0 Å². The molecule has 18 heavy (non-hydrogen) atoms. The zero-order valence-corrected chi connectivity index (χ0v) is 11.9. The molecule has 0 aromatic carbocycles. The second kappa shape index (κ2) is 4.21. The first kappa shape index (κ1) is 11.7. The lowest BCUT2D eigenvalue weighted by Crippen LogP contribution is -2.46. The summed E-state index contributed by atoms with van der Waals surface area (Å²) in [6.45, 7) is 0. The first-order valence-corrected chi connectivity index (χ1v) is 8.04. The smallest absolute Gasteiger partial charge is 0.0427 e. The van der Waals surface area contributed by atoms with Gasteiger partial charge in [-0.15, -0.1) is 0 Å². The molecule has 4 heterocycles. The fourth-order valence-corrected chi connectivity index (χ4v) is 5.53. The molecule has 4 unspecified atom stereocenters. The van der Waals surface area contributed by atoms with Crippen LogP contribution in [-0.4, -0.2) is 42.0 Å². The van der Waals surface area contributed by atoms with Crippen molar-refractivity contribution < 1.29 is 0 Å². The Morgan fingerprint density at radius 2 is 1.50 bits per heavy atom. The molecule has 4 saturated heterocycles. The maximum absolute atomic E-state index is 2.69. The largest absolute Gasteiger partial charge is 0.300 e. The monoisotopic (exact) mass is 247 g/mol. The fraction of sp³-hybridized carbons (Fsp3) is 0.938. The van der Waals surface area contributed by atoms with Crippen LogP contribution < -0.4 is 0 Å². The average molecular weight is 247 g/mol. The van der Waals surface area contributed by atoms with E-state index in [0.717, 1.165) is 30.0 Å². The van der Waals surface area contributed by atoms with E-state index in [1.807, 2.05) is 6.04 Å². The van der Waals surface area contributed by atoms with Crippen LogP contribution in [0.3, 0.4) is 0 Å². The molecule has 4 atom stereocenters. The van der Waals surface area contributed by atoms with Crippen LogP contribution in [0, 0.1) is 17.9 Å². The van der Waals surface area contributed by atoms with Gasteiger partial charge in [0.1, 0.15) is 0 Å². The maximum atomic E-state index is 2.69.